The number of nitrogens with one attached hydrogen (secondary N) is 1. The highest BCUT2D eigenvalue weighted by Gasteiger charge is 2.13. The van der Waals surface area contributed by atoms with Crippen molar-refractivity contribution in [3.05, 3.63) is 46.3 Å². The number of amides is 1. The molecular formula is C13H13ClN2O3. The van der Waals surface area contributed by atoms with Gasteiger partial charge in [0.25, 0.3) is 5.91 Å². The largest absolute Gasteiger partial charge is 0.496 e. The molecule has 0 radical (unpaired) electrons. The number of ether oxygens (including phenoxy) is 1. The highest BCUT2D eigenvalue weighted by molar-refractivity contribution is 6.31. The Morgan fingerprint density at radius 1 is 1.53 bits per heavy atom. The Balaban J connectivity index is 2.12. The fraction of sp³-hybridized carbons (Fsp3) is 0.231. The quantitative estimate of drug-likeness (QED) is 0.935. The Morgan fingerprint density at radius 3 is 2.95 bits per heavy atom. The Labute approximate surface area is 115 Å². The molecule has 0 aliphatic carbocycles. The highest BCUT2D eigenvalue weighted by atomic mass is 35.5. The van der Waals surface area contributed by atoms with E-state index in [2.05, 4.69) is 10.5 Å². The standard InChI is InChI=1S/C13H13ClN2O3/c1-8-9(7-16-19-8)6-15-13(17)11-5-10(14)3-4-12(11)18-2/h3-5,7H,6H2,1-2H3,(H,15,17). The van der Waals surface area contributed by atoms with E-state index in [0.29, 0.717) is 28.6 Å². The van der Waals surface area contributed by atoms with Crippen LogP contribution in [0.15, 0.2) is 28.9 Å². The molecule has 2 aromatic rings. The lowest BCUT2D eigenvalue weighted by Gasteiger charge is -2.09. The van der Waals surface area contributed by atoms with Gasteiger partial charge in [-0.3, -0.25) is 4.79 Å². The van der Waals surface area contributed by atoms with E-state index >= 15 is 0 Å². The van der Waals surface area contributed by atoms with Crippen molar-refractivity contribution in [1.29, 1.82) is 0 Å². The number of hydrogen-bond donors (Lipinski definition) is 1. The fourth-order valence-electron chi connectivity index (χ4n) is 1.62. The summed E-state index contributed by atoms with van der Waals surface area (Å²) in [5, 5.41) is 6.89. The molecule has 1 aromatic heterocycles. The van der Waals surface area contributed by atoms with Gasteiger partial charge in [0.15, 0.2) is 0 Å². The molecular weight excluding hydrogens is 268 g/mol. The zero-order chi connectivity index (χ0) is 13.8. The molecule has 0 saturated heterocycles. The van der Waals surface area contributed by atoms with Crippen LogP contribution in [0.25, 0.3) is 0 Å². The average molecular weight is 281 g/mol. The number of aryl methyl sites for hydroxylation is 1. The molecule has 0 spiro atoms. The third-order valence-electron chi connectivity index (χ3n) is 2.70. The van der Waals surface area contributed by atoms with E-state index in [1.165, 1.54) is 7.11 Å². The minimum absolute atomic E-state index is 0.264. The second-order valence-corrected chi connectivity index (χ2v) is 4.37. The minimum atomic E-state index is -0.264. The summed E-state index contributed by atoms with van der Waals surface area (Å²) in [6, 6.07) is 4.89. The van der Waals surface area contributed by atoms with Crippen molar-refractivity contribution in [2.45, 2.75) is 13.5 Å². The minimum Gasteiger partial charge on any atom is -0.496 e. The smallest absolute Gasteiger partial charge is 0.255 e. The maximum absolute atomic E-state index is 12.1. The van der Waals surface area contributed by atoms with Crippen LogP contribution in [0, 0.1) is 6.92 Å². The number of aromatic nitrogens is 1. The number of carbonyl (C=O) groups is 1. The molecule has 5 nitrogen and oxygen atoms in total. The van der Waals surface area contributed by atoms with E-state index in [1.54, 1.807) is 31.3 Å². The van der Waals surface area contributed by atoms with E-state index in [-0.39, 0.29) is 5.91 Å². The van der Waals surface area contributed by atoms with Gasteiger partial charge in [-0.1, -0.05) is 16.8 Å². The Morgan fingerprint density at radius 2 is 2.32 bits per heavy atom. The van der Waals surface area contributed by atoms with Crippen LogP contribution in [0.5, 0.6) is 5.75 Å². The lowest BCUT2D eigenvalue weighted by molar-refractivity contribution is 0.0948. The zero-order valence-electron chi connectivity index (χ0n) is 10.6. The molecule has 19 heavy (non-hydrogen) atoms. The van der Waals surface area contributed by atoms with Crippen LogP contribution in [0.4, 0.5) is 0 Å². The average Bonchev–Trinajstić information content (AvgIpc) is 2.81. The summed E-state index contributed by atoms with van der Waals surface area (Å²) >= 11 is 5.88. The van der Waals surface area contributed by atoms with E-state index < -0.39 is 0 Å². The summed E-state index contributed by atoms with van der Waals surface area (Å²) in [6.45, 7) is 2.12. The molecule has 100 valence electrons. The van der Waals surface area contributed by atoms with Crippen LogP contribution >= 0.6 is 11.6 Å². The number of carbonyl (C=O) groups excluding carboxylic acids is 1. The predicted octanol–water partition coefficient (Wildman–Crippen LogP) is 2.58. The van der Waals surface area contributed by atoms with Crippen molar-refractivity contribution in [1.82, 2.24) is 10.5 Å². The molecule has 0 saturated carbocycles. The summed E-state index contributed by atoms with van der Waals surface area (Å²) in [5.74, 6) is 0.891. The summed E-state index contributed by atoms with van der Waals surface area (Å²) in [5.41, 5.74) is 1.22. The number of hydrogen-bond acceptors (Lipinski definition) is 4. The van der Waals surface area contributed by atoms with E-state index in [1.807, 2.05) is 0 Å². The third kappa shape index (κ3) is 3.06. The monoisotopic (exact) mass is 280 g/mol. The summed E-state index contributed by atoms with van der Waals surface area (Å²) in [7, 11) is 1.50. The van der Waals surface area contributed by atoms with E-state index in [0.717, 1.165) is 5.56 Å². The normalized spacial score (nSPS) is 10.3. The molecule has 0 aliphatic rings. The molecule has 2 rings (SSSR count). The molecule has 0 aliphatic heterocycles. The van der Waals surface area contributed by atoms with Crippen molar-refractivity contribution in [2.75, 3.05) is 7.11 Å². The molecule has 0 unspecified atom stereocenters. The van der Waals surface area contributed by atoms with Gasteiger partial charge in [-0.25, -0.2) is 0 Å². The van der Waals surface area contributed by atoms with Gasteiger partial charge in [0.2, 0.25) is 0 Å². The number of nitrogens with zero attached hydrogens (tertiary/aromatic N) is 1. The highest BCUT2D eigenvalue weighted by Crippen LogP contribution is 2.22. The topological polar surface area (TPSA) is 64.4 Å². The Bertz CT molecular complexity index is 595. The second-order valence-electron chi connectivity index (χ2n) is 3.93. The van der Waals surface area contributed by atoms with Gasteiger partial charge in [0.1, 0.15) is 11.5 Å². The first-order valence-electron chi connectivity index (χ1n) is 5.63. The third-order valence-corrected chi connectivity index (χ3v) is 2.93. The van der Waals surface area contributed by atoms with Crippen LogP contribution in [0.3, 0.4) is 0 Å². The van der Waals surface area contributed by atoms with Gasteiger partial charge in [-0.15, -0.1) is 0 Å². The number of halogens is 1. The molecule has 0 bridgehead atoms. The summed E-state index contributed by atoms with van der Waals surface area (Å²) in [6.07, 6.45) is 1.57. The van der Waals surface area contributed by atoms with Crippen molar-refractivity contribution in [2.24, 2.45) is 0 Å². The van der Waals surface area contributed by atoms with Crippen molar-refractivity contribution in [3.63, 3.8) is 0 Å². The number of benzene rings is 1. The molecule has 1 heterocycles. The second kappa shape index (κ2) is 5.75. The maximum Gasteiger partial charge on any atom is 0.255 e. The van der Waals surface area contributed by atoms with Gasteiger partial charge in [-0.05, 0) is 25.1 Å². The molecule has 0 fully saturated rings. The van der Waals surface area contributed by atoms with Gasteiger partial charge in [0, 0.05) is 17.1 Å². The maximum atomic E-state index is 12.1. The van der Waals surface area contributed by atoms with Crippen LogP contribution in [-0.2, 0) is 6.54 Å². The predicted molar refractivity (Wildman–Crippen MR) is 70.4 cm³/mol. The van der Waals surface area contributed by atoms with Crippen molar-refractivity contribution >= 4 is 17.5 Å². The summed E-state index contributed by atoms with van der Waals surface area (Å²) < 4.78 is 10.1. The first-order chi connectivity index (χ1) is 9.11. The zero-order valence-corrected chi connectivity index (χ0v) is 11.3. The summed E-state index contributed by atoms with van der Waals surface area (Å²) in [4.78, 5) is 12.1. The molecule has 1 amide bonds. The lowest BCUT2D eigenvalue weighted by Crippen LogP contribution is -2.23. The van der Waals surface area contributed by atoms with Crippen molar-refractivity contribution in [3.8, 4) is 5.75 Å². The molecule has 1 N–H and O–H groups in total. The Kier molecular flexibility index (Phi) is 4.06. The van der Waals surface area contributed by atoms with Gasteiger partial charge >= 0.3 is 0 Å². The van der Waals surface area contributed by atoms with Gasteiger partial charge in [-0.2, -0.15) is 0 Å². The Hall–Kier alpha value is -2.01. The fourth-order valence-corrected chi connectivity index (χ4v) is 1.79. The van der Waals surface area contributed by atoms with Crippen LogP contribution < -0.4 is 10.1 Å². The lowest BCUT2D eigenvalue weighted by atomic mass is 10.2. The number of rotatable bonds is 4. The van der Waals surface area contributed by atoms with E-state index in [9.17, 15) is 4.79 Å². The van der Waals surface area contributed by atoms with Gasteiger partial charge in [0.05, 0.1) is 18.9 Å². The van der Waals surface area contributed by atoms with E-state index in [4.69, 9.17) is 20.9 Å². The van der Waals surface area contributed by atoms with Crippen LogP contribution in [0.1, 0.15) is 21.7 Å². The van der Waals surface area contributed by atoms with Crippen LogP contribution in [-0.4, -0.2) is 18.2 Å². The molecule has 6 heteroatoms. The van der Waals surface area contributed by atoms with Gasteiger partial charge < -0.3 is 14.6 Å². The first-order valence-corrected chi connectivity index (χ1v) is 6.01. The molecule has 0 atom stereocenters. The van der Waals surface area contributed by atoms with Crippen molar-refractivity contribution < 1.29 is 14.1 Å². The first kappa shape index (κ1) is 13.4. The SMILES string of the molecule is COc1ccc(Cl)cc1C(=O)NCc1cnoc1C. The number of methoxy groups -OCH3 is 1. The molecule has 1 aromatic carbocycles. The van der Waals surface area contributed by atoms with Crippen LogP contribution in [0.2, 0.25) is 5.02 Å².